The molecule has 1 N–H and O–H groups in total. The van der Waals surface area contributed by atoms with Gasteiger partial charge in [0.05, 0.1) is 6.10 Å². The number of hydrogen-bond acceptors (Lipinski definition) is 3. The molecule has 4 nitrogen and oxygen atoms in total. The zero-order chi connectivity index (χ0) is 12.3. The molecular formula is C13H24N2O2. The molecule has 1 aliphatic heterocycles. The summed E-state index contributed by atoms with van der Waals surface area (Å²) in [6, 6.07) is 0.693. The van der Waals surface area contributed by atoms with Crippen LogP contribution in [0, 0.1) is 0 Å². The molecule has 0 aromatic carbocycles. The molecule has 4 heteroatoms. The molecule has 2 fully saturated rings. The Bertz CT molecular complexity index is 266. The second-order valence-electron chi connectivity index (χ2n) is 5.32. The van der Waals surface area contributed by atoms with Gasteiger partial charge in [-0.2, -0.15) is 0 Å². The van der Waals surface area contributed by atoms with E-state index >= 15 is 0 Å². The fourth-order valence-corrected chi connectivity index (χ4v) is 2.63. The summed E-state index contributed by atoms with van der Waals surface area (Å²) in [7, 11) is 0. The molecule has 0 radical (unpaired) electrons. The molecule has 0 bridgehead atoms. The van der Waals surface area contributed by atoms with Gasteiger partial charge in [0.15, 0.2) is 0 Å². The number of hydrogen-bond donors (Lipinski definition) is 1. The Morgan fingerprint density at radius 3 is 2.82 bits per heavy atom. The van der Waals surface area contributed by atoms with E-state index in [1.54, 1.807) is 0 Å². The van der Waals surface area contributed by atoms with Crippen LogP contribution in [0.3, 0.4) is 0 Å². The third kappa shape index (κ3) is 3.68. The molecule has 1 amide bonds. The highest BCUT2D eigenvalue weighted by atomic mass is 16.3. The Hall–Kier alpha value is -0.610. The summed E-state index contributed by atoms with van der Waals surface area (Å²) in [6.07, 6.45) is 4.90. The number of aliphatic hydroxyl groups excluding tert-OH is 1. The third-order valence-electron chi connectivity index (χ3n) is 3.62. The number of amides is 1. The van der Waals surface area contributed by atoms with Gasteiger partial charge in [-0.25, -0.2) is 0 Å². The van der Waals surface area contributed by atoms with Crippen molar-refractivity contribution in [3.63, 3.8) is 0 Å². The van der Waals surface area contributed by atoms with E-state index in [-0.39, 0.29) is 12.0 Å². The van der Waals surface area contributed by atoms with Crippen LogP contribution in [0.5, 0.6) is 0 Å². The Morgan fingerprint density at radius 2 is 2.29 bits per heavy atom. The first-order chi connectivity index (χ1) is 8.20. The van der Waals surface area contributed by atoms with Crippen molar-refractivity contribution in [3.05, 3.63) is 0 Å². The molecule has 1 unspecified atom stereocenters. The normalized spacial score (nSPS) is 22.5. The van der Waals surface area contributed by atoms with E-state index in [2.05, 4.69) is 11.8 Å². The van der Waals surface area contributed by atoms with Crippen molar-refractivity contribution in [2.24, 2.45) is 0 Å². The van der Waals surface area contributed by atoms with E-state index in [1.807, 2.05) is 4.90 Å². The molecule has 98 valence electrons. The average molecular weight is 240 g/mol. The summed E-state index contributed by atoms with van der Waals surface area (Å²) < 4.78 is 0. The summed E-state index contributed by atoms with van der Waals surface area (Å²) in [5, 5.41) is 10.1. The van der Waals surface area contributed by atoms with Gasteiger partial charge in [0.2, 0.25) is 5.91 Å². The SMILES string of the molecule is CCCN(CC(O)CN1CCCC1=O)C1CC1. The summed E-state index contributed by atoms with van der Waals surface area (Å²) in [6.45, 7) is 5.31. The van der Waals surface area contributed by atoms with Crippen molar-refractivity contribution < 1.29 is 9.90 Å². The molecule has 1 aliphatic carbocycles. The van der Waals surface area contributed by atoms with Gasteiger partial charge in [0.1, 0.15) is 0 Å². The summed E-state index contributed by atoms with van der Waals surface area (Å²) in [5.74, 6) is 0.206. The highest BCUT2D eigenvalue weighted by Gasteiger charge is 2.30. The van der Waals surface area contributed by atoms with Crippen LogP contribution in [0.2, 0.25) is 0 Å². The van der Waals surface area contributed by atoms with Crippen LogP contribution in [-0.2, 0) is 4.79 Å². The van der Waals surface area contributed by atoms with Crippen LogP contribution in [0.4, 0.5) is 0 Å². The number of likely N-dealkylation sites (tertiary alicyclic amines) is 1. The molecule has 0 spiro atoms. The fourth-order valence-electron chi connectivity index (χ4n) is 2.63. The minimum absolute atomic E-state index is 0.206. The Kier molecular flexibility index (Phi) is 4.40. The van der Waals surface area contributed by atoms with Gasteiger partial charge in [-0.3, -0.25) is 9.69 Å². The van der Waals surface area contributed by atoms with Gasteiger partial charge in [0.25, 0.3) is 0 Å². The van der Waals surface area contributed by atoms with E-state index in [0.29, 0.717) is 19.0 Å². The first-order valence-corrected chi connectivity index (χ1v) is 6.90. The molecule has 17 heavy (non-hydrogen) atoms. The molecule has 2 rings (SSSR count). The van der Waals surface area contributed by atoms with Gasteiger partial charge in [-0.15, -0.1) is 0 Å². The molecule has 2 aliphatic rings. The van der Waals surface area contributed by atoms with E-state index in [1.165, 1.54) is 12.8 Å². The van der Waals surface area contributed by atoms with Gasteiger partial charge < -0.3 is 10.0 Å². The highest BCUT2D eigenvalue weighted by Crippen LogP contribution is 2.27. The third-order valence-corrected chi connectivity index (χ3v) is 3.62. The van der Waals surface area contributed by atoms with Crippen LogP contribution >= 0.6 is 0 Å². The lowest BCUT2D eigenvalue weighted by atomic mass is 10.2. The molecule has 1 saturated carbocycles. The van der Waals surface area contributed by atoms with Crippen molar-refractivity contribution in [1.82, 2.24) is 9.80 Å². The second-order valence-corrected chi connectivity index (χ2v) is 5.32. The maximum absolute atomic E-state index is 11.5. The van der Waals surface area contributed by atoms with E-state index in [0.717, 1.165) is 32.5 Å². The number of rotatable bonds is 7. The van der Waals surface area contributed by atoms with Crippen LogP contribution in [0.25, 0.3) is 0 Å². The number of β-amino-alcohol motifs (C(OH)–C–C–N with tert-alkyl or cyclic N) is 1. The quantitative estimate of drug-likeness (QED) is 0.717. The summed E-state index contributed by atoms with van der Waals surface area (Å²) in [4.78, 5) is 15.7. The van der Waals surface area contributed by atoms with E-state index in [4.69, 9.17) is 0 Å². The van der Waals surface area contributed by atoms with Gasteiger partial charge in [-0.1, -0.05) is 6.92 Å². The second kappa shape index (κ2) is 5.83. The Labute approximate surface area is 104 Å². The molecule has 1 saturated heterocycles. The zero-order valence-corrected chi connectivity index (χ0v) is 10.8. The molecule has 1 atom stereocenters. The monoisotopic (exact) mass is 240 g/mol. The van der Waals surface area contributed by atoms with E-state index in [9.17, 15) is 9.90 Å². The summed E-state index contributed by atoms with van der Waals surface area (Å²) >= 11 is 0. The molecule has 0 aromatic heterocycles. The van der Waals surface area contributed by atoms with Crippen LogP contribution < -0.4 is 0 Å². The Morgan fingerprint density at radius 1 is 1.53 bits per heavy atom. The van der Waals surface area contributed by atoms with Crippen molar-refractivity contribution >= 4 is 5.91 Å². The highest BCUT2D eigenvalue weighted by molar-refractivity contribution is 5.78. The zero-order valence-electron chi connectivity index (χ0n) is 10.8. The van der Waals surface area contributed by atoms with Crippen molar-refractivity contribution in [3.8, 4) is 0 Å². The maximum Gasteiger partial charge on any atom is 0.222 e. The lowest BCUT2D eigenvalue weighted by Crippen LogP contribution is -2.41. The lowest BCUT2D eigenvalue weighted by molar-refractivity contribution is -0.129. The largest absolute Gasteiger partial charge is 0.390 e. The summed E-state index contributed by atoms with van der Waals surface area (Å²) in [5.41, 5.74) is 0. The first kappa shape index (κ1) is 12.8. The molecule has 0 aromatic rings. The van der Waals surface area contributed by atoms with Crippen molar-refractivity contribution in [2.45, 2.75) is 51.2 Å². The van der Waals surface area contributed by atoms with Gasteiger partial charge in [-0.05, 0) is 32.2 Å². The maximum atomic E-state index is 11.5. The molecular weight excluding hydrogens is 216 g/mol. The first-order valence-electron chi connectivity index (χ1n) is 6.90. The smallest absolute Gasteiger partial charge is 0.222 e. The minimum atomic E-state index is -0.385. The fraction of sp³-hybridized carbons (Fsp3) is 0.923. The van der Waals surface area contributed by atoms with Gasteiger partial charge in [0, 0.05) is 32.1 Å². The average Bonchev–Trinajstić information content (AvgIpc) is 3.05. The lowest BCUT2D eigenvalue weighted by Gasteiger charge is -2.27. The van der Waals surface area contributed by atoms with E-state index < -0.39 is 0 Å². The van der Waals surface area contributed by atoms with Gasteiger partial charge >= 0.3 is 0 Å². The Balaban J connectivity index is 1.74. The predicted molar refractivity (Wildman–Crippen MR) is 66.7 cm³/mol. The standard InChI is InChI=1S/C13H24N2O2/c1-2-7-14(11-5-6-11)9-12(16)10-15-8-3-4-13(15)17/h11-12,16H,2-10H2,1H3. The predicted octanol–water partition coefficient (Wildman–Crippen LogP) is 0.844. The van der Waals surface area contributed by atoms with Crippen LogP contribution in [-0.4, -0.2) is 59.1 Å². The number of carbonyl (C=O) groups is 1. The van der Waals surface area contributed by atoms with Crippen molar-refractivity contribution in [2.75, 3.05) is 26.2 Å². The van der Waals surface area contributed by atoms with Crippen LogP contribution in [0.15, 0.2) is 0 Å². The minimum Gasteiger partial charge on any atom is -0.390 e. The van der Waals surface area contributed by atoms with Crippen molar-refractivity contribution in [1.29, 1.82) is 0 Å². The van der Waals surface area contributed by atoms with Crippen LogP contribution in [0.1, 0.15) is 39.0 Å². The number of nitrogens with zero attached hydrogens (tertiary/aromatic N) is 2. The molecule has 1 heterocycles. The topological polar surface area (TPSA) is 43.8 Å². The number of aliphatic hydroxyl groups is 1. The number of carbonyl (C=O) groups excluding carboxylic acids is 1.